The quantitative estimate of drug-likeness (QED) is 0.354. The van der Waals surface area contributed by atoms with Gasteiger partial charge >= 0.3 is 0 Å². The summed E-state index contributed by atoms with van der Waals surface area (Å²) in [6.45, 7) is 4.03. The lowest BCUT2D eigenvalue weighted by molar-refractivity contribution is 0.494. The van der Waals surface area contributed by atoms with E-state index in [9.17, 15) is 17.6 Å². The Balaban J connectivity index is 1.99. The molecule has 0 nitrogen and oxygen atoms in total. The van der Waals surface area contributed by atoms with Crippen molar-refractivity contribution in [1.82, 2.24) is 0 Å². The summed E-state index contributed by atoms with van der Waals surface area (Å²) < 4.78 is 58.5. The van der Waals surface area contributed by atoms with E-state index in [4.69, 9.17) is 0 Å². The van der Waals surface area contributed by atoms with Crippen molar-refractivity contribution in [2.45, 2.75) is 46.0 Å². The van der Waals surface area contributed by atoms with E-state index >= 15 is 0 Å². The highest BCUT2D eigenvalue weighted by molar-refractivity contribution is 5.72. The maximum Gasteiger partial charge on any atom is 0.167 e. The molecule has 0 fully saturated rings. The summed E-state index contributed by atoms with van der Waals surface area (Å²) >= 11 is 0. The van der Waals surface area contributed by atoms with Crippen LogP contribution in [-0.4, -0.2) is 0 Å². The molecule has 0 bridgehead atoms. The molecule has 0 atom stereocenters. The molecule has 4 heteroatoms. The Kier molecular flexibility index (Phi) is 6.73. The van der Waals surface area contributed by atoms with E-state index in [1.807, 2.05) is 19.1 Å². The highest BCUT2D eigenvalue weighted by Crippen LogP contribution is 2.34. The van der Waals surface area contributed by atoms with Crippen molar-refractivity contribution >= 4 is 0 Å². The standard InChI is InChI=1S/C25H24F4/c1-3-5-7-18-12-13-20(24(28)22(18)26)21-15-14-19(23(27)25(21)29)17-10-8-16(6-4-2)9-11-17/h8-15H,3-7H2,1-2H3. The summed E-state index contributed by atoms with van der Waals surface area (Å²) in [5.41, 5.74) is 1.44. The van der Waals surface area contributed by atoms with Gasteiger partial charge < -0.3 is 0 Å². The molecule has 152 valence electrons. The molecule has 0 unspecified atom stereocenters. The van der Waals surface area contributed by atoms with Crippen LogP contribution in [0.4, 0.5) is 17.6 Å². The molecular weight excluding hydrogens is 376 g/mol. The Labute approximate surface area is 169 Å². The summed E-state index contributed by atoms with van der Waals surface area (Å²) in [5.74, 6) is -4.39. The Morgan fingerprint density at radius 3 is 1.72 bits per heavy atom. The summed E-state index contributed by atoms with van der Waals surface area (Å²) in [4.78, 5) is 0. The number of hydrogen-bond acceptors (Lipinski definition) is 0. The molecule has 0 aliphatic heterocycles. The monoisotopic (exact) mass is 400 g/mol. The van der Waals surface area contributed by atoms with Crippen molar-refractivity contribution < 1.29 is 17.6 Å². The summed E-state index contributed by atoms with van der Waals surface area (Å²) in [5, 5.41) is 0. The lowest BCUT2D eigenvalue weighted by Crippen LogP contribution is -2.00. The highest BCUT2D eigenvalue weighted by Gasteiger charge is 2.21. The lowest BCUT2D eigenvalue weighted by Gasteiger charge is -2.12. The fourth-order valence-corrected chi connectivity index (χ4v) is 3.48. The third-order valence-corrected chi connectivity index (χ3v) is 5.14. The topological polar surface area (TPSA) is 0 Å². The molecular formula is C25H24F4. The van der Waals surface area contributed by atoms with Gasteiger partial charge in [-0.3, -0.25) is 0 Å². The van der Waals surface area contributed by atoms with E-state index in [-0.39, 0.29) is 22.3 Å². The molecule has 29 heavy (non-hydrogen) atoms. The van der Waals surface area contributed by atoms with Crippen LogP contribution in [0.1, 0.15) is 44.2 Å². The molecule has 0 N–H and O–H groups in total. The highest BCUT2D eigenvalue weighted by atomic mass is 19.2. The van der Waals surface area contributed by atoms with E-state index in [2.05, 4.69) is 6.92 Å². The van der Waals surface area contributed by atoms with Gasteiger partial charge in [-0.2, -0.15) is 0 Å². The van der Waals surface area contributed by atoms with Crippen molar-refractivity contribution in [3.8, 4) is 22.3 Å². The lowest BCUT2D eigenvalue weighted by atomic mass is 9.96. The van der Waals surface area contributed by atoms with Crippen molar-refractivity contribution in [2.75, 3.05) is 0 Å². The summed E-state index contributed by atoms with van der Waals surface area (Å²) in [7, 11) is 0. The molecule has 0 saturated heterocycles. The van der Waals surface area contributed by atoms with Gasteiger partial charge in [0.2, 0.25) is 0 Å². The molecule has 0 spiro atoms. The number of rotatable bonds is 7. The predicted molar refractivity (Wildman–Crippen MR) is 110 cm³/mol. The first-order chi connectivity index (χ1) is 14.0. The van der Waals surface area contributed by atoms with Crippen molar-refractivity contribution in [2.24, 2.45) is 0 Å². The van der Waals surface area contributed by atoms with Crippen molar-refractivity contribution in [3.05, 3.63) is 82.9 Å². The fraction of sp³-hybridized carbons (Fsp3) is 0.280. The molecule has 3 aromatic carbocycles. The first-order valence-corrected chi connectivity index (χ1v) is 10.0. The van der Waals surface area contributed by atoms with Crippen LogP contribution >= 0.6 is 0 Å². The largest absolute Gasteiger partial charge is 0.203 e. The minimum atomic E-state index is -1.18. The molecule has 0 aromatic heterocycles. The number of unbranched alkanes of at least 4 members (excludes halogenated alkanes) is 1. The van der Waals surface area contributed by atoms with E-state index in [1.54, 1.807) is 12.1 Å². The predicted octanol–water partition coefficient (Wildman–Crippen LogP) is 7.87. The maximum absolute atomic E-state index is 14.8. The minimum absolute atomic E-state index is 0.0924. The van der Waals surface area contributed by atoms with Crippen molar-refractivity contribution in [3.63, 3.8) is 0 Å². The second kappa shape index (κ2) is 9.25. The number of aryl methyl sites for hydroxylation is 2. The molecule has 0 radical (unpaired) electrons. The van der Waals surface area contributed by atoms with E-state index in [0.29, 0.717) is 12.0 Å². The second-order valence-corrected chi connectivity index (χ2v) is 7.24. The normalized spacial score (nSPS) is 11.1. The molecule has 3 rings (SSSR count). The van der Waals surface area contributed by atoms with Gasteiger partial charge in [-0.05, 0) is 36.0 Å². The van der Waals surface area contributed by atoms with Crippen LogP contribution in [-0.2, 0) is 12.8 Å². The first kappa shape index (κ1) is 21.1. The average Bonchev–Trinajstić information content (AvgIpc) is 2.73. The first-order valence-electron chi connectivity index (χ1n) is 10.0. The van der Waals surface area contributed by atoms with Gasteiger partial charge in [-0.25, -0.2) is 17.6 Å². The Morgan fingerprint density at radius 1 is 0.552 bits per heavy atom. The smallest absolute Gasteiger partial charge is 0.167 e. The third kappa shape index (κ3) is 4.36. The van der Waals surface area contributed by atoms with Crippen LogP contribution < -0.4 is 0 Å². The van der Waals surface area contributed by atoms with Gasteiger partial charge in [0.1, 0.15) is 0 Å². The van der Waals surface area contributed by atoms with Gasteiger partial charge in [-0.1, -0.05) is 75.2 Å². The molecule has 0 amide bonds. The zero-order chi connectivity index (χ0) is 21.0. The van der Waals surface area contributed by atoms with Crippen molar-refractivity contribution in [1.29, 1.82) is 0 Å². The SMILES string of the molecule is CCCCc1ccc(-c2ccc(-c3ccc(CCC)cc3)c(F)c2F)c(F)c1F. The Morgan fingerprint density at radius 2 is 1.10 bits per heavy atom. The Bertz CT molecular complexity index is 991. The van der Waals surface area contributed by atoms with Crippen LogP contribution in [0, 0.1) is 23.3 Å². The van der Waals surface area contributed by atoms with Crippen LogP contribution in [0.15, 0.2) is 48.5 Å². The van der Waals surface area contributed by atoms with Crippen LogP contribution in [0.3, 0.4) is 0 Å². The summed E-state index contributed by atoms with van der Waals surface area (Å²) in [6, 6.07) is 12.7. The van der Waals surface area contributed by atoms with Gasteiger partial charge in [0.05, 0.1) is 0 Å². The molecule has 0 heterocycles. The Hall–Kier alpha value is -2.62. The number of benzene rings is 3. The van der Waals surface area contributed by atoms with Gasteiger partial charge in [0.15, 0.2) is 23.3 Å². The zero-order valence-electron chi connectivity index (χ0n) is 16.7. The van der Waals surface area contributed by atoms with Crippen LogP contribution in [0.25, 0.3) is 22.3 Å². The molecule has 0 saturated carbocycles. The summed E-state index contributed by atoms with van der Waals surface area (Å²) in [6.07, 6.45) is 3.89. The number of hydrogen-bond donors (Lipinski definition) is 0. The fourth-order valence-electron chi connectivity index (χ4n) is 3.48. The third-order valence-electron chi connectivity index (χ3n) is 5.14. The van der Waals surface area contributed by atoms with Crippen LogP contribution in [0.2, 0.25) is 0 Å². The van der Waals surface area contributed by atoms with Gasteiger partial charge in [0.25, 0.3) is 0 Å². The molecule has 0 aliphatic carbocycles. The molecule has 0 aliphatic rings. The maximum atomic E-state index is 14.8. The van der Waals surface area contributed by atoms with E-state index in [0.717, 1.165) is 31.2 Å². The second-order valence-electron chi connectivity index (χ2n) is 7.24. The van der Waals surface area contributed by atoms with E-state index in [1.165, 1.54) is 24.3 Å². The van der Waals surface area contributed by atoms with Gasteiger partial charge in [0, 0.05) is 16.7 Å². The average molecular weight is 400 g/mol. The minimum Gasteiger partial charge on any atom is -0.203 e. The van der Waals surface area contributed by atoms with Crippen LogP contribution in [0.5, 0.6) is 0 Å². The van der Waals surface area contributed by atoms with E-state index < -0.39 is 23.3 Å². The molecule has 3 aromatic rings. The number of halogens is 4. The van der Waals surface area contributed by atoms with Gasteiger partial charge in [-0.15, -0.1) is 0 Å². The zero-order valence-corrected chi connectivity index (χ0v) is 16.7.